The van der Waals surface area contributed by atoms with Crippen molar-refractivity contribution in [3.05, 3.63) is 63.2 Å². The van der Waals surface area contributed by atoms with Crippen LogP contribution >= 0.6 is 11.3 Å². The Hall–Kier alpha value is -3.26. The number of Topliss-reactive ketones (excluding diaryl/α,β-unsaturated/α-hetero) is 1. The van der Waals surface area contributed by atoms with Crippen molar-refractivity contribution >= 4 is 44.2 Å². The van der Waals surface area contributed by atoms with E-state index in [4.69, 9.17) is 10.2 Å². The number of nitrogens with two attached hydrogens (primary N) is 1. The fourth-order valence-electron chi connectivity index (χ4n) is 2.86. The molecule has 4 aromatic rings. The van der Waals surface area contributed by atoms with E-state index in [1.807, 2.05) is 18.2 Å². The third-order valence-electron chi connectivity index (χ3n) is 4.16. The molecule has 0 saturated carbocycles. The van der Waals surface area contributed by atoms with Gasteiger partial charge in [0.15, 0.2) is 5.76 Å². The summed E-state index contributed by atoms with van der Waals surface area (Å²) in [6.45, 7) is 1.44. The first-order valence-corrected chi connectivity index (χ1v) is 8.57. The summed E-state index contributed by atoms with van der Waals surface area (Å²) in [5, 5.41) is 1.13. The number of rotatable bonds is 4. The molecule has 1 aromatic carbocycles. The van der Waals surface area contributed by atoms with Gasteiger partial charge in [-0.2, -0.15) is 0 Å². The third kappa shape index (κ3) is 2.51. The van der Waals surface area contributed by atoms with Crippen LogP contribution in [0.25, 0.3) is 21.2 Å². The van der Waals surface area contributed by atoms with E-state index >= 15 is 0 Å². The van der Waals surface area contributed by atoms with Crippen molar-refractivity contribution in [2.45, 2.75) is 13.5 Å². The lowest BCUT2D eigenvalue weighted by molar-refractivity contribution is 0.0944. The van der Waals surface area contributed by atoms with Gasteiger partial charge in [-0.15, -0.1) is 11.3 Å². The second-order valence-electron chi connectivity index (χ2n) is 5.85. The number of aryl methyl sites for hydroxylation is 1. The normalized spacial score (nSPS) is 11.3. The summed E-state index contributed by atoms with van der Waals surface area (Å²) in [6, 6.07) is 8.93. The van der Waals surface area contributed by atoms with Crippen LogP contribution in [-0.2, 0) is 6.54 Å². The molecule has 2 N–H and O–H groups in total. The lowest BCUT2D eigenvalue weighted by Crippen LogP contribution is -2.24. The molecule has 7 nitrogen and oxygen atoms in total. The molecule has 0 aliphatic heterocycles. The number of primary amides is 1. The molecule has 4 rings (SSSR count). The van der Waals surface area contributed by atoms with E-state index < -0.39 is 5.91 Å². The molecule has 0 aliphatic rings. The van der Waals surface area contributed by atoms with E-state index in [0.717, 1.165) is 16.7 Å². The van der Waals surface area contributed by atoms with Crippen LogP contribution < -0.4 is 11.3 Å². The number of thiophene rings is 1. The molecule has 130 valence electrons. The van der Waals surface area contributed by atoms with Gasteiger partial charge in [0, 0.05) is 5.39 Å². The highest BCUT2D eigenvalue weighted by molar-refractivity contribution is 7.20. The van der Waals surface area contributed by atoms with Crippen LogP contribution in [-0.4, -0.2) is 21.2 Å². The maximum atomic E-state index is 12.7. The number of aromatic nitrogens is 2. The van der Waals surface area contributed by atoms with E-state index in [0.29, 0.717) is 26.2 Å². The van der Waals surface area contributed by atoms with Gasteiger partial charge in [-0.1, -0.05) is 18.2 Å². The molecule has 3 aromatic heterocycles. The number of fused-ring (bicyclic) bond motifs is 2. The molecule has 0 aliphatic carbocycles. The standard InChI is InChI=1S/C18H13N3O4S/c1-9-14-17(26-15(9)16(19)23)20-8-21(18(14)24)7-11(22)13-6-10-4-2-3-5-12(10)25-13/h2-6,8H,7H2,1H3,(H2,19,23). The third-order valence-corrected chi connectivity index (χ3v) is 5.37. The van der Waals surface area contributed by atoms with E-state index in [1.165, 1.54) is 10.9 Å². The monoisotopic (exact) mass is 367 g/mol. The topological polar surface area (TPSA) is 108 Å². The summed E-state index contributed by atoms with van der Waals surface area (Å²) < 4.78 is 6.75. The highest BCUT2D eigenvalue weighted by Gasteiger charge is 2.19. The number of hydrogen-bond acceptors (Lipinski definition) is 6. The molecule has 0 saturated heterocycles. The highest BCUT2D eigenvalue weighted by Crippen LogP contribution is 2.26. The van der Waals surface area contributed by atoms with Crippen LogP contribution in [0.3, 0.4) is 0 Å². The van der Waals surface area contributed by atoms with Gasteiger partial charge in [-0.25, -0.2) is 4.98 Å². The number of benzene rings is 1. The van der Waals surface area contributed by atoms with Gasteiger partial charge in [0.25, 0.3) is 11.5 Å². The molecule has 0 unspecified atom stereocenters. The van der Waals surface area contributed by atoms with Crippen LogP contribution in [0.1, 0.15) is 25.8 Å². The first-order chi connectivity index (χ1) is 12.5. The van der Waals surface area contributed by atoms with Gasteiger partial charge in [0.1, 0.15) is 10.4 Å². The lowest BCUT2D eigenvalue weighted by atomic mass is 10.2. The van der Waals surface area contributed by atoms with Gasteiger partial charge >= 0.3 is 0 Å². The van der Waals surface area contributed by atoms with Gasteiger partial charge < -0.3 is 10.2 Å². The molecular weight excluding hydrogens is 354 g/mol. The van der Waals surface area contributed by atoms with E-state index in [2.05, 4.69) is 4.98 Å². The fourth-order valence-corrected chi connectivity index (χ4v) is 3.85. The van der Waals surface area contributed by atoms with Crippen molar-refractivity contribution in [3.63, 3.8) is 0 Å². The number of nitrogens with zero attached hydrogens (tertiary/aromatic N) is 2. The number of carbonyl (C=O) groups is 2. The summed E-state index contributed by atoms with van der Waals surface area (Å²) in [5.74, 6) is -0.764. The Morgan fingerprint density at radius 2 is 2.08 bits per heavy atom. The number of ketones is 1. The zero-order valence-electron chi connectivity index (χ0n) is 13.7. The largest absolute Gasteiger partial charge is 0.453 e. The van der Waals surface area contributed by atoms with Crippen LogP contribution in [0.5, 0.6) is 0 Å². The van der Waals surface area contributed by atoms with Gasteiger partial charge in [0.05, 0.1) is 23.1 Å². The molecule has 0 bridgehead atoms. The number of furan rings is 1. The Bertz CT molecular complexity index is 1220. The highest BCUT2D eigenvalue weighted by atomic mass is 32.1. The molecule has 0 radical (unpaired) electrons. The number of para-hydroxylation sites is 1. The quantitative estimate of drug-likeness (QED) is 0.558. The SMILES string of the molecule is Cc1c(C(N)=O)sc2ncn(CC(=O)c3cc4ccccc4o3)c(=O)c12. The molecule has 0 fully saturated rings. The maximum Gasteiger partial charge on any atom is 0.262 e. The Balaban J connectivity index is 1.73. The minimum Gasteiger partial charge on any atom is -0.453 e. The molecule has 0 atom stereocenters. The summed E-state index contributed by atoms with van der Waals surface area (Å²) in [5.41, 5.74) is 6.03. The summed E-state index contributed by atoms with van der Waals surface area (Å²) in [4.78, 5) is 41.6. The van der Waals surface area contributed by atoms with Crippen molar-refractivity contribution in [1.82, 2.24) is 9.55 Å². The second-order valence-corrected chi connectivity index (χ2v) is 6.85. The molecule has 1 amide bonds. The van der Waals surface area contributed by atoms with Crippen molar-refractivity contribution in [1.29, 1.82) is 0 Å². The van der Waals surface area contributed by atoms with Crippen molar-refractivity contribution in [3.8, 4) is 0 Å². The zero-order valence-corrected chi connectivity index (χ0v) is 14.5. The average molecular weight is 367 g/mol. The van der Waals surface area contributed by atoms with Crippen LogP contribution in [0.2, 0.25) is 0 Å². The molecule has 0 spiro atoms. The van der Waals surface area contributed by atoms with E-state index in [9.17, 15) is 14.4 Å². The molecular formula is C18H13N3O4S. The number of carbonyl (C=O) groups excluding carboxylic acids is 2. The van der Waals surface area contributed by atoms with E-state index in [1.54, 1.807) is 19.1 Å². The Morgan fingerprint density at radius 3 is 2.81 bits per heavy atom. The fraction of sp³-hybridized carbons (Fsp3) is 0.111. The maximum absolute atomic E-state index is 12.7. The predicted molar refractivity (Wildman–Crippen MR) is 97.7 cm³/mol. The summed E-state index contributed by atoms with van der Waals surface area (Å²) >= 11 is 1.07. The Morgan fingerprint density at radius 1 is 1.31 bits per heavy atom. The zero-order chi connectivity index (χ0) is 18.4. The van der Waals surface area contributed by atoms with Crippen LogP contribution in [0.4, 0.5) is 0 Å². The lowest BCUT2D eigenvalue weighted by Gasteiger charge is -2.03. The Labute approximate surface area is 150 Å². The van der Waals surface area contributed by atoms with Crippen molar-refractivity contribution < 1.29 is 14.0 Å². The smallest absolute Gasteiger partial charge is 0.262 e. The minimum absolute atomic E-state index is 0.179. The van der Waals surface area contributed by atoms with Crippen molar-refractivity contribution in [2.24, 2.45) is 5.73 Å². The van der Waals surface area contributed by atoms with Crippen LogP contribution in [0.15, 0.2) is 45.9 Å². The second kappa shape index (κ2) is 5.92. The predicted octanol–water partition coefficient (Wildman–Crippen LogP) is 2.49. The van der Waals surface area contributed by atoms with Gasteiger partial charge in [-0.05, 0) is 24.6 Å². The summed E-state index contributed by atoms with van der Waals surface area (Å²) in [7, 11) is 0. The number of hydrogen-bond donors (Lipinski definition) is 1. The average Bonchev–Trinajstić information content (AvgIpc) is 3.19. The summed E-state index contributed by atoms with van der Waals surface area (Å²) in [6.07, 6.45) is 1.30. The van der Waals surface area contributed by atoms with Crippen LogP contribution in [0, 0.1) is 6.92 Å². The minimum atomic E-state index is -0.602. The number of amides is 1. The molecule has 26 heavy (non-hydrogen) atoms. The Kier molecular flexibility index (Phi) is 3.69. The van der Waals surface area contributed by atoms with Gasteiger partial charge in [-0.3, -0.25) is 19.0 Å². The molecule has 8 heteroatoms. The first-order valence-electron chi connectivity index (χ1n) is 7.76. The molecule has 3 heterocycles. The first kappa shape index (κ1) is 16.2. The van der Waals surface area contributed by atoms with Crippen molar-refractivity contribution in [2.75, 3.05) is 0 Å². The van der Waals surface area contributed by atoms with E-state index in [-0.39, 0.29) is 23.6 Å². The van der Waals surface area contributed by atoms with Gasteiger partial charge in [0.2, 0.25) is 5.78 Å².